The SMILES string of the molecule is Cc1ccc(-n2c(SCC(=O)Nc3cccc(C(F)(F)F)c3)nc3sc4c(c3c2=O)CCN(C)C4)cc1. The third-order valence-electron chi connectivity index (χ3n) is 6.13. The van der Waals surface area contributed by atoms with Gasteiger partial charge in [-0.15, -0.1) is 11.3 Å². The first-order chi connectivity index (χ1) is 17.6. The Balaban J connectivity index is 1.48. The van der Waals surface area contributed by atoms with Crippen LogP contribution in [0.2, 0.25) is 0 Å². The Morgan fingerprint density at radius 3 is 2.68 bits per heavy atom. The van der Waals surface area contributed by atoms with Crippen molar-refractivity contribution < 1.29 is 18.0 Å². The largest absolute Gasteiger partial charge is 0.416 e. The van der Waals surface area contributed by atoms with Crippen LogP contribution >= 0.6 is 23.1 Å². The molecule has 0 spiro atoms. The van der Waals surface area contributed by atoms with E-state index in [-0.39, 0.29) is 17.0 Å². The summed E-state index contributed by atoms with van der Waals surface area (Å²) in [5.74, 6) is -0.630. The van der Waals surface area contributed by atoms with Crippen LogP contribution in [0.15, 0.2) is 58.5 Å². The van der Waals surface area contributed by atoms with E-state index < -0.39 is 17.6 Å². The number of anilines is 1. The number of halogens is 3. The number of carbonyl (C=O) groups excluding carboxylic acids is 1. The fourth-order valence-corrected chi connectivity index (χ4v) is 6.42. The highest BCUT2D eigenvalue weighted by Gasteiger charge is 2.30. The Morgan fingerprint density at radius 1 is 1.19 bits per heavy atom. The molecule has 1 aliphatic heterocycles. The number of thioether (sulfide) groups is 1. The molecule has 0 radical (unpaired) electrons. The van der Waals surface area contributed by atoms with E-state index in [2.05, 4.69) is 10.2 Å². The molecule has 4 aromatic rings. The van der Waals surface area contributed by atoms with Gasteiger partial charge in [0, 0.05) is 23.7 Å². The highest BCUT2D eigenvalue weighted by Crippen LogP contribution is 2.34. The number of carbonyl (C=O) groups is 1. The molecule has 0 aliphatic carbocycles. The van der Waals surface area contributed by atoms with Crippen molar-refractivity contribution in [2.75, 3.05) is 24.7 Å². The normalized spacial score (nSPS) is 14.1. The molecule has 2 aromatic heterocycles. The molecule has 0 saturated heterocycles. The second-order valence-corrected chi connectivity index (χ2v) is 11.0. The van der Waals surface area contributed by atoms with Crippen molar-refractivity contribution in [1.82, 2.24) is 14.5 Å². The minimum atomic E-state index is -4.51. The van der Waals surface area contributed by atoms with E-state index in [1.165, 1.54) is 28.0 Å². The number of alkyl halides is 3. The highest BCUT2D eigenvalue weighted by atomic mass is 32.2. The predicted octanol–water partition coefficient (Wildman–Crippen LogP) is 5.49. The van der Waals surface area contributed by atoms with Gasteiger partial charge in [-0.1, -0.05) is 35.5 Å². The molecular weight excluding hydrogens is 521 g/mol. The summed E-state index contributed by atoms with van der Waals surface area (Å²) in [6.07, 6.45) is -3.74. The fraction of sp³-hybridized carbons (Fsp3) is 0.269. The van der Waals surface area contributed by atoms with Gasteiger partial charge in [0.25, 0.3) is 5.56 Å². The van der Waals surface area contributed by atoms with Gasteiger partial charge in [-0.25, -0.2) is 4.98 Å². The number of nitrogens with one attached hydrogen (secondary N) is 1. The van der Waals surface area contributed by atoms with Gasteiger partial charge < -0.3 is 10.2 Å². The lowest BCUT2D eigenvalue weighted by Gasteiger charge is -2.21. The molecule has 0 atom stereocenters. The molecule has 37 heavy (non-hydrogen) atoms. The minimum absolute atomic E-state index is 0.0508. The average Bonchev–Trinajstić information content (AvgIpc) is 3.21. The van der Waals surface area contributed by atoms with E-state index in [0.717, 1.165) is 59.4 Å². The van der Waals surface area contributed by atoms with Crippen molar-refractivity contribution in [3.05, 3.63) is 80.5 Å². The number of fused-ring (bicyclic) bond motifs is 3. The van der Waals surface area contributed by atoms with Gasteiger partial charge >= 0.3 is 6.18 Å². The number of thiophene rings is 1. The Labute approximate surface area is 219 Å². The summed E-state index contributed by atoms with van der Waals surface area (Å²) < 4.78 is 40.6. The number of amides is 1. The number of hydrogen-bond donors (Lipinski definition) is 1. The summed E-state index contributed by atoms with van der Waals surface area (Å²) in [6, 6.07) is 12.0. The van der Waals surface area contributed by atoms with E-state index in [4.69, 9.17) is 4.98 Å². The number of rotatable bonds is 5. The van der Waals surface area contributed by atoms with Gasteiger partial charge in [-0.2, -0.15) is 13.2 Å². The summed E-state index contributed by atoms with van der Waals surface area (Å²) in [4.78, 5) is 35.2. The zero-order valence-corrected chi connectivity index (χ0v) is 21.7. The summed E-state index contributed by atoms with van der Waals surface area (Å²) >= 11 is 2.56. The molecular formula is C26H23F3N4O2S2. The molecule has 5 rings (SSSR count). The molecule has 0 fully saturated rings. The Kier molecular flexibility index (Phi) is 6.86. The second kappa shape index (κ2) is 9.96. The van der Waals surface area contributed by atoms with Gasteiger partial charge in [-0.3, -0.25) is 14.2 Å². The summed E-state index contributed by atoms with van der Waals surface area (Å²) in [6.45, 7) is 3.56. The topological polar surface area (TPSA) is 67.2 Å². The molecule has 0 bridgehead atoms. The molecule has 1 N–H and O–H groups in total. The van der Waals surface area contributed by atoms with Gasteiger partial charge in [0.05, 0.1) is 22.4 Å². The smallest absolute Gasteiger partial charge is 0.325 e. The first-order valence-corrected chi connectivity index (χ1v) is 13.3. The molecule has 0 unspecified atom stereocenters. The Morgan fingerprint density at radius 2 is 1.95 bits per heavy atom. The van der Waals surface area contributed by atoms with Crippen molar-refractivity contribution in [2.24, 2.45) is 0 Å². The first-order valence-electron chi connectivity index (χ1n) is 11.5. The van der Waals surface area contributed by atoms with Crippen LogP contribution in [0.25, 0.3) is 15.9 Å². The molecule has 11 heteroatoms. The lowest BCUT2D eigenvalue weighted by molar-refractivity contribution is -0.137. The molecule has 1 aliphatic rings. The molecule has 0 saturated carbocycles. The van der Waals surface area contributed by atoms with Crippen LogP contribution in [0.5, 0.6) is 0 Å². The van der Waals surface area contributed by atoms with E-state index in [9.17, 15) is 22.8 Å². The van der Waals surface area contributed by atoms with Crippen LogP contribution in [0.3, 0.4) is 0 Å². The monoisotopic (exact) mass is 544 g/mol. The number of aryl methyl sites for hydroxylation is 1. The lowest BCUT2D eigenvalue weighted by Crippen LogP contribution is -2.27. The minimum Gasteiger partial charge on any atom is -0.325 e. The first kappa shape index (κ1) is 25.5. The van der Waals surface area contributed by atoms with E-state index in [1.807, 2.05) is 38.2 Å². The molecule has 1 amide bonds. The van der Waals surface area contributed by atoms with Crippen LogP contribution < -0.4 is 10.9 Å². The van der Waals surface area contributed by atoms with E-state index in [0.29, 0.717) is 21.1 Å². The number of hydrogen-bond acceptors (Lipinski definition) is 6. The van der Waals surface area contributed by atoms with Crippen LogP contribution in [0.4, 0.5) is 18.9 Å². The van der Waals surface area contributed by atoms with Crippen molar-refractivity contribution in [3.8, 4) is 5.69 Å². The number of benzene rings is 2. The van der Waals surface area contributed by atoms with Crippen LogP contribution in [0.1, 0.15) is 21.6 Å². The van der Waals surface area contributed by atoms with Crippen molar-refractivity contribution in [1.29, 1.82) is 0 Å². The van der Waals surface area contributed by atoms with Crippen LogP contribution in [-0.4, -0.2) is 39.7 Å². The summed E-state index contributed by atoms with van der Waals surface area (Å²) in [5.41, 5.74) is 1.74. The van der Waals surface area contributed by atoms with Crippen LogP contribution in [0, 0.1) is 6.92 Å². The summed E-state index contributed by atoms with van der Waals surface area (Å²) in [5, 5.41) is 3.48. The molecule has 6 nitrogen and oxygen atoms in total. The second-order valence-electron chi connectivity index (χ2n) is 8.96. The van der Waals surface area contributed by atoms with Crippen LogP contribution in [-0.2, 0) is 23.9 Å². The maximum absolute atomic E-state index is 13.8. The number of aromatic nitrogens is 2. The highest BCUT2D eigenvalue weighted by molar-refractivity contribution is 7.99. The van der Waals surface area contributed by atoms with E-state index in [1.54, 1.807) is 0 Å². The van der Waals surface area contributed by atoms with Gasteiger partial charge in [0.15, 0.2) is 5.16 Å². The lowest BCUT2D eigenvalue weighted by atomic mass is 10.1. The molecule has 3 heterocycles. The standard InChI is InChI=1S/C26H23F3N4O2S2/c1-15-6-8-18(9-7-15)33-24(35)22-19-10-11-32(2)13-20(19)37-23(22)31-25(33)36-14-21(34)30-17-5-3-4-16(12-17)26(27,28)29/h3-9,12H,10-11,13-14H2,1-2H3,(H,30,34). The fourth-order valence-electron chi connectivity index (χ4n) is 4.27. The van der Waals surface area contributed by atoms with E-state index >= 15 is 0 Å². The van der Waals surface area contributed by atoms with Crippen molar-refractivity contribution in [2.45, 2.75) is 31.2 Å². The third kappa shape index (κ3) is 5.29. The number of likely N-dealkylation sites (N-methyl/N-ethyl adjacent to an activating group) is 1. The zero-order chi connectivity index (χ0) is 26.3. The average molecular weight is 545 g/mol. The van der Waals surface area contributed by atoms with Crippen molar-refractivity contribution in [3.63, 3.8) is 0 Å². The maximum Gasteiger partial charge on any atom is 0.416 e. The van der Waals surface area contributed by atoms with Gasteiger partial charge in [0.2, 0.25) is 5.91 Å². The third-order valence-corrected chi connectivity index (χ3v) is 8.18. The van der Waals surface area contributed by atoms with Gasteiger partial charge in [0.1, 0.15) is 4.83 Å². The molecule has 2 aromatic carbocycles. The number of nitrogens with zero attached hydrogens (tertiary/aromatic N) is 3. The molecule has 192 valence electrons. The predicted molar refractivity (Wildman–Crippen MR) is 141 cm³/mol. The van der Waals surface area contributed by atoms with Gasteiger partial charge in [-0.05, 0) is 56.3 Å². The Bertz CT molecular complexity index is 1540. The maximum atomic E-state index is 13.8. The summed E-state index contributed by atoms with van der Waals surface area (Å²) in [7, 11) is 2.04. The quantitative estimate of drug-likeness (QED) is 0.266. The zero-order valence-electron chi connectivity index (χ0n) is 20.1. The Hall–Kier alpha value is -3.15. The van der Waals surface area contributed by atoms with Crippen molar-refractivity contribution >= 4 is 44.9 Å².